The average molecular weight is 417 g/mol. The number of nitrogens with one attached hydrogen (secondary N) is 1. The molecular formula is C20H24N4O4S. The Kier molecular flexibility index (Phi) is 6.58. The molecule has 1 aliphatic carbocycles. The molecule has 0 aromatic carbocycles. The van der Waals surface area contributed by atoms with Gasteiger partial charge in [0, 0.05) is 42.1 Å². The van der Waals surface area contributed by atoms with Crippen LogP contribution in [0, 0.1) is 0 Å². The molecule has 29 heavy (non-hydrogen) atoms. The van der Waals surface area contributed by atoms with E-state index in [1.54, 1.807) is 31.3 Å². The second-order valence-corrected chi connectivity index (χ2v) is 9.05. The SMILES string of the molecule is C[C@@H](/C=C/S(C)(=O)=O)NC(=O)c1cnc(C2CCCC2)nc1Oc1ccccn1. The third-order valence-electron chi connectivity index (χ3n) is 4.55. The zero-order valence-electron chi connectivity index (χ0n) is 16.4. The summed E-state index contributed by atoms with van der Waals surface area (Å²) < 4.78 is 28.3. The fraction of sp³-hybridized carbons (Fsp3) is 0.400. The van der Waals surface area contributed by atoms with Crippen LogP contribution in [-0.2, 0) is 9.84 Å². The van der Waals surface area contributed by atoms with E-state index in [0.29, 0.717) is 11.7 Å². The molecule has 1 saturated carbocycles. The summed E-state index contributed by atoms with van der Waals surface area (Å²) in [6.45, 7) is 1.67. The molecule has 154 valence electrons. The van der Waals surface area contributed by atoms with Crippen molar-refractivity contribution in [1.29, 1.82) is 0 Å². The maximum atomic E-state index is 12.7. The zero-order valence-corrected chi connectivity index (χ0v) is 17.2. The molecule has 1 amide bonds. The van der Waals surface area contributed by atoms with Crippen molar-refractivity contribution in [1.82, 2.24) is 20.3 Å². The molecule has 2 aromatic rings. The van der Waals surface area contributed by atoms with Gasteiger partial charge in [-0.05, 0) is 25.8 Å². The summed E-state index contributed by atoms with van der Waals surface area (Å²) in [5.74, 6) is 0.921. The van der Waals surface area contributed by atoms with Crippen LogP contribution >= 0.6 is 0 Å². The van der Waals surface area contributed by atoms with Crippen molar-refractivity contribution in [3.05, 3.63) is 53.5 Å². The van der Waals surface area contributed by atoms with E-state index in [4.69, 9.17) is 4.74 Å². The monoisotopic (exact) mass is 416 g/mol. The first-order valence-corrected chi connectivity index (χ1v) is 11.4. The van der Waals surface area contributed by atoms with Gasteiger partial charge in [-0.15, -0.1) is 0 Å². The summed E-state index contributed by atoms with van der Waals surface area (Å²) in [5, 5.41) is 3.77. The van der Waals surface area contributed by atoms with Crippen molar-refractivity contribution in [3.8, 4) is 11.8 Å². The number of rotatable bonds is 7. The number of hydrogen-bond donors (Lipinski definition) is 1. The van der Waals surface area contributed by atoms with E-state index >= 15 is 0 Å². The Hall–Kier alpha value is -2.81. The van der Waals surface area contributed by atoms with E-state index < -0.39 is 21.8 Å². The van der Waals surface area contributed by atoms with Gasteiger partial charge in [-0.25, -0.2) is 18.4 Å². The summed E-state index contributed by atoms with van der Waals surface area (Å²) >= 11 is 0. The molecule has 8 nitrogen and oxygen atoms in total. The summed E-state index contributed by atoms with van der Waals surface area (Å²) in [5.41, 5.74) is 0.164. The highest BCUT2D eigenvalue weighted by Crippen LogP contribution is 2.33. The van der Waals surface area contributed by atoms with Crippen molar-refractivity contribution in [2.75, 3.05) is 6.26 Å². The molecule has 0 spiro atoms. The molecular weight excluding hydrogens is 392 g/mol. The fourth-order valence-corrected chi connectivity index (χ4v) is 3.61. The Morgan fingerprint density at radius 2 is 2.03 bits per heavy atom. The molecule has 0 saturated heterocycles. The van der Waals surface area contributed by atoms with Crippen LogP contribution in [0.15, 0.2) is 42.1 Å². The number of amides is 1. The molecule has 1 fully saturated rings. The topological polar surface area (TPSA) is 111 Å². The van der Waals surface area contributed by atoms with Crippen LogP contribution in [0.25, 0.3) is 0 Å². The number of carbonyl (C=O) groups excluding carboxylic acids is 1. The molecule has 2 aromatic heterocycles. The number of ether oxygens (including phenoxy) is 1. The molecule has 1 atom stereocenters. The summed E-state index contributed by atoms with van der Waals surface area (Å²) in [6.07, 6.45) is 9.84. The van der Waals surface area contributed by atoms with Gasteiger partial charge in [0.25, 0.3) is 5.91 Å². The van der Waals surface area contributed by atoms with Crippen molar-refractivity contribution >= 4 is 15.7 Å². The Bertz CT molecular complexity index is 987. The van der Waals surface area contributed by atoms with E-state index in [-0.39, 0.29) is 17.4 Å². The quantitative estimate of drug-likeness (QED) is 0.738. The number of sulfone groups is 1. The van der Waals surface area contributed by atoms with E-state index in [9.17, 15) is 13.2 Å². The molecule has 1 N–H and O–H groups in total. The van der Waals surface area contributed by atoms with Crippen LogP contribution in [0.5, 0.6) is 11.8 Å². The van der Waals surface area contributed by atoms with Crippen LogP contribution in [0.1, 0.15) is 54.7 Å². The summed E-state index contributed by atoms with van der Waals surface area (Å²) in [6, 6.07) is 4.71. The van der Waals surface area contributed by atoms with Crippen LogP contribution in [0.3, 0.4) is 0 Å². The molecule has 0 unspecified atom stereocenters. The average Bonchev–Trinajstić information content (AvgIpc) is 3.21. The van der Waals surface area contributed by atoms with Crippen molar-refractivity contribution in [3.63, 3.8) is 0 Å². The van der Waals surface area contributed by atoms with Crippen molar-refractivity contribution in [2.45, 2.75) is 44.6 Å². The van der Waals surface area contributed by atoms with Gasteiger partial charge < -0.3 is 10.1 Å². The lowest BCUT2D eigenvalue weighted by molar-refractivity contribution is 0.0943. The van der Waals surface area contributed by atoms with Crippen LogP contribution in [0.4, 0.5) is 0 Å². The van der Waals surface area contributed by atoms with Gasteiger partial charge >= 0.3 is 0 Å². The van der Waals surface area contributed by atoms with Crippen LogP contribution < -0.4 is 10.1 Å². The molecule has 2 heterocycles. The third-order valence-corrected chi connectivity index (χ3v) is 5.20. The van der Waals surface area contributed by atoms with Crippen molar-refractivity contribution in [2.24, 2.45) is 0 Å². The van der Waals surface area contributed by atoms with Gasteiger partial charge in [0.2, 0.25) is 11.8 Å². The number of carbonyl (C=O) groups is 1. The van der Waals surface area contributed by atoms with E-state index in [2.05, 4.69) is 20.3 Å². The molecule has 0 radical (unpaired) electrons. The number of aromatic nitrogens is 3. The Morgan fingerprint density at radius 1 is 1.28 bits per heavy atom. The maximum absolute atomic E-state index is 12.7. The minimum atomic E-state index is -3.27. The number of hydrogen-bond acceptors (Lipinski definition) is 7. The standard InChI is InChI=1S/C20H24N4O4S/c1-14(10-12-29(2,26)27)23-19(25)16-13-22-18(15-7-3-4-8-15)24-20(16)28-17-9-5-6-11-21-17/h5-6,9-15H,3-4,7-8H2,1-2H3,(H,23,25)/b12-10+/t14-/m0/s1. The van der Waals surface area contributed by atoms with E-state index in [0.717, 1.165) is 37.3 Å². The summed E-state index contributed by atoms with van der Waals surface area (Å²) in [7, 11) is -3.27. The van der Waals surface area contributed by atoms with E-state index in [1.807, 2.05) is 0 Å². The normalized spacial score (nSPS) is 16.1. The maximum Gasteiger partial charge on any atom is 0.258 e. The van der Waals surface area contributed by atoms with Gasteiger partial charge in [0.15, 0.2) is 9.84 Å². The third kappa shape index (κ3) is 6.08. The number of nitrogens with zero attached hydrogens (tertiary/aromatic N) is 3. The smallest absolute Gasteiger partial charge is 0.258 e. The van der Waals surface area contributed by atoms with Crippen LogP contribution in [-0.4, -0.2) is 41.6 Å². The first-order chi connectivity index (χ1) is 13.8. The Balaban J connectivity index is 1.85. The predicted octanol–water partition coefficient (Wildman–Crippen LogP) is 3.00. The van der Waals surface area contributed by atoms with Gasteiger partial charge in [0.1, 0.15) is 11.4 Å². The Morgan fingerprint density at radius 3 is 2.69 bits per heavy atom. The van der Waals surface area contributed by atoms with Gasteiger partial charge in [-0.1, -0.05) is 25.0 Å². The largest absolute Gasteiger partial charge is 0.420 e. The van der Waals surface area contributed by atoms with Crippen molar-refractivity contribution < 1.29 is 17.9 Å². The first kappa shape index (κ1) is 20.9. The first-order valence-electron chi connectivity index (χ1n) is 9.47. The molecule has 0 aliphatic heterocycles. The van der Waals surface area contributed by atoms with Gasteiger partial charge in [-0.3, -0.25) is 4.79 Å². The van der Waals surface area contributed by atoms with Crippen LogP contribution in [0.2, 0.25) is 0 Å². The molecule has 0 bridgehead atoms. The molecule has 9 heteroatoms. The lowest BCUT2D eigenvalue weighted by Crippen LogP contribution is -2.32. The molecule has 1 aliphatic rings. The minimum Gasteiger partial charge on any atom is -0.420 e. The second kappa shape index (κ2) is 9.13. The zero-order chi connectivity index (χ0) is 20.9. The predicted molar refractivity (Wildman–Crippen MR) is 108 cm³/mol. The highest BCUT2D eigenvalue weighted by atomic mass is 32.2. The van der Waals surface area contributed by atoms with Gasteiger partial charge in [-0.2, -0.15) is 4.98 Å². The minimum absolute atomic E-state index is 0.136. The lowest BCUT2D eigenvalue weighted by Gasteiger charge is -2.15. The Labute approximate surface area is 170 Å². The highest BCUT2D eigenvalue weighted by molar-refractivity contribution is 7.93. The fourth-order valence-electron chi connectivity index (χ4n) is 3.09. The molecule has 3 rings (SSSR count). The summed E-state index contributed by atoms with van der Waals surface area (Å²) in [4.78, 5) is 25.8. The van der Waals surface area contributed by atoms with Gasteiger partial charge in [0.05, 0.1) is 0 Å². The second-order valence-electron chi connectivity index (χ2n) is 7.12. The number of pyridine rings is 1. The lowest BCUT2D eigenvalue weighted by atomic mass is 10.1. The van der Waals surface area contributed by atoms with E-state index in [1.165, 1.54) is 12.3 Å². The highest BCUT2D eigenvalue weighted by Gasteiger charge is 2.24.